The van der Waals surface area contributed by atoms with Gasteiger partial charge in [0, 0.05) is 0 Å². The predicted octanol–water partition coefficient (Wildman–Crippen LogP) is -1.87. The van der Waals surface area contributed by atoms with Crippen LogP contribution >= 0.6 is 0 Å². The molecule has 0 aliphatic heterocycles. The maximum absolute atomic E-state index is 10.0. The van der Waals surface area contributed by atoms with E-state index in [0.717, 1.165) is 117 Å². The Morgan fingerprint density at radius 3 is 1.00 bits per heavy atom. The Bertz CT molecular complexity index is 388. The quantitative estimate of drug-likeness (QED) is 0.0539. The van der Waals surface area contributed by atoms with Crippen molar-refractivity contribution < 1.29 is 9.90 Å². The number of rotatable bonds is 25. The Hall–Kier alpha value is -0.970. The molecule has 13 nitrogen and oxygen atoms in total. The van der Waals surface area contributed by atoms with Gasteiger partial charge in [0.25, 0.3) is 0 Å². The zero-order chi connectivity index (χ0) is 30.2. The standard InChI is InChI=1S/C10H26N4.C7H19N3.C5H12N2O2.C4H12N2/c11-5-3-9-13-7-1-2-8-14-10-4-6-12;8-4-1-2-6-10-7-3-5-9;6-3-1-2-4(7)5(8)9;5-3-1-2-4-6/h13-14H,1-12H2;10H,1-9H2;4H,1-3,6-7H2,(H,8,9);1-6H2/t;;4-;/m..0./s1. The first kappa shape index (κ1) is 45.0. The minimum Gasteiger partial charge on any atom is -0.480 e. The summed E-state index contributed by atoms with van der Waals surface area (Å²) in [6.07, 6.45) is 11.3. The minimum atomic E-state index is -0.955. The van der Waals surface area contributed by atoms with Crippen LogP contribution in [0.1, 0.15) is 70.6 Å². The van der Waals surface area contributed by atoms with E-state index in [2.05, 4.69) is 16.0 Å². The van der Waals surface area contributed by atoms with Gasteiger partial charge in [0.1, 0.15) is 6.04 Å². The molecule has 20 N–H and O–H groups in total. The summed E-state index contributed by atoms with van der Waals surface area (Å²) in [6, 6.07) is -0.742. The molecule has 0 aromatic carbocycles. The van der Waals surface area contributed by atoms with Crippen LogP contribution in [0.2, 0.25) is 0 Å². The molecule has 0 fully saturated rings. The highest BCUT2D eigenvalue weighted by Crippen LogP contribution is 1.91. The van der Waals surface area contributed by atoms with Crippen LogP contribution in [0.15, 0.2) is 0 Å². The Labute approximate surface area is 239 Å². The van der Waals surface area contributed by atoms with Crippen LogP contribution in [0.25, 0.3) is 0 Å². The summed E-state index contributed by atoms with van der Waals surface area (Å²) in [5.74, 6) is -0.955. The molecule has 1 atom stereocenters. The van der Waals surface area contributed by atoms with E-state index in [9.17, 15) is 4.79 Å². The van der Waals surface area contributed by atoms with E-state index in [-0.39, 0.29) is 0 Å². The average molecular weight is 568 g/mol. The summed E-state index contributed by atoms with van der Waals surface area (Å²) < 4.78 is 0. The summed E-state index contributed by atoms with van der Waals surface area (Å²) in [4.78, 5) is 10.0. The number of hydrogen-bond acceptors (Lipinski definition) is 12. The Balaban J connectivity index is -0.000000218. The third-order valence-electron chi connectivity index (χ3n) is 5.13. The van der Waals surface area contributed by atoms with Gasteiger partial charge in [-0.2, -0.15) is 0 Å². The Kier molecular flexibility index (Phi) is 54.1. The van der Waals surface area contributed by atoms with Gasteiger partial charge >= 0.3 is 5.97 Å². The molecule has 0 spiro atoms. The van der Waals surface area contributed by atoms with Crippen LogP contribution in [0.5, 0.6) is 0 Å². The highest BCUT2D eigenvalue weighted by Gasteiger charge is 2.08. The zero-order valence-corrected chi connectivity index (χ0v) is 25.0. The normalized spacial score (nSPS) is 10.9. The lowest BCUT2D eigenvalue weighted by atomic mass is 10.2. The fraction of sp³-hybridized carbons (Fsp3) is 0.962. The molecule has 0 saturated heterocycles. The summed E-state index contributed by atoms with van der Waals surface area (Å²) in [5.41, 5.74) is 42.0. The number of carboxylic acid groups (broad SMARTS) is 1. The molecule has 0 heterocycles. The van der Waals surface area contributed by atoms with Gasteiger partial charge in [-0.3, -0.25) is 4.79 Å². The first-order valence-corrected chi connectivity index (χ1v) is 14.9. The van der Waals surface area contributed by atoms with Gasteiger partial charge in [-0.25, -0.2) is 0 Å². The summed E-state index contributed by atoms with van der Waals surface area (Å²) in [7, 11) is 0. The van der Waals surface area contributed by atoms with Crippen molar-refractivity contribution in [2.75, 3.05) is 85.1 Å². The molecule has 0 amide bonds. The molecular formula is C26H69N11O2. The minimum absolute atomic E-state index is 0.464. The average Bonchev–Trinajstić information content (AvgIpc) is 2.94. The van der Waals surface area contributed by atoms with E-state index in [1.165, 1.54) is 19.3 Å². The number of nitrogens with two attached hydrogens (primary N) is 8. The molecule has 0 aromatic rings. The third-order valence-corrected chi connectivity index (χ3v) is 5.13. The number of unbranched alkanes of at least 4 members (excludes halogenated alkanes) is 3. The molecule has 39 heavy (non-hydrogen) atoms. The number of hydrogen-bond donors (Lipinski definition) is 12. The van der Waals surface area contributed by atoms with Gasteiger partial charge < -0.3 is 66.9 Å². The maximum Gasteiger partial charge on any atom is 0.320 e. The first-order valence-electron chi connectivity index (χ1n) is 14.9. The van der Waals surface area contributed by atoms with Crippen molar-refractivity contribution >= 4 is 5.97 Å². The highest BCUT2D eigenvalue weighted by atomic mass is 16.4. The topological polar surface area (TPSA) is 282 Å². The van der Waals surface area contributed by atoms with Crippen molar-refractivity contribution in [1.29, 1.82) is 0 Å². The molecule has 0 saturated carbocycles. The Morgan fingerprint density at radius 2 is 0.718 bits per heavy atom. The van der Waals surface area contributed by atoms with Gasteiger partial charge in [0.05, 0.1) is 0 Å². The summed E-state index contributed by atoms with van der Waals surface area (Å²) >= 11 is 0. The summed E-state index contributed by atoms with van der Waals surface area (Å²) in [5, 5.41) is 18.2. The summed E-state index contributed by atoms with van der Waals surface area (Å²) in [6.45, 7) is 11.7. The van der Waals surface area contributed by atoms with Crippen LogP contribution in [0, 0.1) is 0 Å². The van der Waals surface area contributed by atoms with Crippen molar-refractivity contribution in [1.82, 2.24) is 16.0 Å². The fourth-order valence-electron chi connectivity index (χ4n) is 2.70. The van der Waals surface area contributed by atoms with Gasteiger partial charge in [-0.05, 0) is 156 Å². The van der Waals surface area contributed by atoms with Crippen molar-refractivity contribution in [3.63, 3.8) is 0 Å². The molecule has 0 rings (SSSR count). The molecule has 240 valence electrons. The van der Waals surface area contributed by atoms with Crippen LogP contribution in [-0.4, -0.2) is 102 Å². The molecular weight excluding hydrogens is 498 g/mol. The number of nitrogens with one attached hydrogen (secondary N) is 3. The first-order chi connectivity index (χ1) is 18.9. The number of carbonyl (C=O) groups is 1. The van der Waals surface area contributed by atoms with Crippen LogP contribution < -0.4 is 61.8 Å². The van der Waals surface area contributed by atoms with Crippen molar-refractivity contribution in [3.8, 4) is 0 Å². The van der Waals surface area contributed by atoms with Gasteiger partial charge in [-0.15, -0.1) is 0 Å². The lowest BCUT2D eigenvalue weighted by Gasteiger charge is -2.04. The SMILES string of the molecule is NCCCCN.NCCCCNCCCN.NCCCNCCCCNCCCN.NCCC[C@H](N)C(=O)O. The largest absolute Gasteiger partial charge is 0.480 e. The molecule has 0 unspecified atom stereocenters. The lowest BCUT2D eigenvalue weighted by molar-refractivity contribution is -0.138. The van der Waals surface area contributed by atoms with Crippen LogP contribution in [0.3, 0.4) is 0 Å². The van der Waals surface area contributed by atoms with Gasteiger partial charge in [0.15, 0.2) is 0 Å². The molecule has 0 aromatic heterocycles. The van der Waals surface area contributed by atoms with Crippen molar-refractivity contribution in [2.24, 2.45) is 45.9 Å². The predicted molar refractivity (Wildman–Crippen MR) is 168 cm³/mol. The van der Waals surface area contributed by atoms with Crippen molar-refractivity contribution in [3.05, 3.63) is 0 Å². The number of aliphatic carboxylic acids is 1. The molecule has 0 bridgehead atoms. The van der Waals surface area contributed by atoms with E-state index in [1.54, 1.807) is 0 Å². The molecule has 13 heteroatoms. The van der Waals surface area contributed by atoms with E-state index in [1.807, 2.05) is 0 Å². The van der Waals surface area contributed by atoms with Crippen molar-refractivity contribution in [2.45, 2.75) is 76.7 Å². The third kappa shape index (κ3) is 57.8. The van der Waals surface area contributed by atoms with Crippen LogP contribution in [0.4, 0.5) is 0 Å². The highest BCUT2D eigenvalue weighted by molar-refractivity contribution is 5.72. The molecule has 0 aliphatic rings. The Morgan fingerprint density at radius 1 is 0.462 bits per heavy atom. The van der Waals surface area contributed by atoms with E-state index < -0.39 is 12.0 Å². The second-order valence-corrected chi connectivity index (χ2v) is 9.04. The molecule has 0 aliphatic carbocycles. The van der Waals surface area contributed by atoms with E-state index >= 15 is 0 Å². The lowest BCUT2D eigenvalue weighted by Crippen LogP contribution is -2.30. The van der Waals surface area contributed by atoms with Crippen LogP contribution in [-0.2, 0) is 4.79 Å². The number of carboxylic acids is 1. The smallest absolute Gasteiger partial charge is 0.320 e. The maximum atomic E-state index is 10.0. The van der Waals surface area contributed by atoms with Gasteiger partial charge in [0.2, 0.25) is 0 Å². The van der Waals surface area contributed by atoms with E-state index in [0.29, 0.717) is 19.4 Å². The molecule has 0 radical (unpaired) electrons. The zero-order valence-electron chi connectivity index (χ0n) is 25.0. The fourth-order valence-corrected chi connectivity index (χ4v) is 2.70. The van der Waals surface area contributed by atoms with E-state index in [4.69, 9.17) is 51.0 Å². The van der Waals surface area contributed by atoms with Gasteiger partial charge in [-0.1, -0.05) is 0 Å². The second-order valence-electron chi connectivity index (χ2n) is 9.04. The monoisotopic (exact) mass is 568 g/mol. The second kappa shape index (κ2) is 46.9.